The van der Waals surface area contributed by atoms with E-state index in [0.29, 0.717) is 0 Å². The Hall–Kier alpha value is -1.80. The first kappa shape index (κ1) is 15.6. The van der Waals surface area contributed by atoms with Gasteiger partial charge in [0.25, 0.3) is 0 Å². The lowest BCUT2D eigenvalue weighted by Gasteiger charge is -2.14. The van der Waals surface area contributed by atoms with Gasteiger partial charge in [-0.1, -0.05) is 56.7 Å². The van der Waals surface area contributed by atoms with Gasteiger partial charge in [0.15, 0.2) is 0 Å². The zero-order valence-corrected chi connectivity index (χ0v) is 13.0. The quantitative estimate of drug-likeness (QED) is 0.761. The second-order valence-corrected chi connectivity index (χ2v) is 5.34. The smallest absolute Gasteiger partial charge is 0.119 e. The second kappa shape index (κ2) is 7.84. The van der Waals surface area contributed by atoms with Crippen molar-refractivity contribution in [3.8, 4) is 5.75 Å². The number of hydrogen-bond acceptors (Lipinski definition) is 2. The van der Waals surface area contributed by atoms with E-state index in [0.717, 1.165) is 42.7 Å². The van der Waals surface area contributed by atoms with E-state index in [1.165, 1.54) is 5.56 Å². The van der Waals surface area contributed by atoms with Crippen LogP contribution < -0.4 is 10.5 Å². The molecule has 0 radical (unpaired) electrons. The average Bonchev–Trinajstić information content (AvgIpc) is 2.55. The molecule has 21 heavy (non-hydrogen) atoms. The van der Waals surface area contributed by atoms with Crippen LogP contribution in [0.1, 0.15) is 49.4 Å². The summed E-state index contributed by atoms with van der Waals surface area (Å²) in [6, 6.07) is 16.6. The molecular formula is C19H25NO. The Balaban J connectivity index is 2.02. The summed E-state index contributed by atoms with van der Waals surface area (Å²) < 4.78 is 5.68. The molecule has 0 saturated heterocycles. The molecule has 0 aromatic heterocycles. The van der Waals surface area contributed by atoms with Crippen LogP contribution in [0.2, 0.25) is 0 Å². The molecule has 2 aromatic carbocycles. The summed E-state index contributed by atoms with van der Waals surface area (Å²) in [6.45, 7) is 5.10. The van der Waals surface area contributed by atoms with E-state index in [2.05, 4.69) is 50.2 Å². The normalized spacial score (nSPS) is 12.1. The highest BCUT2D eigenvalue weighted by Crippen LogP contribution is 2.22. The molecule has 0 aliphatic rings. The Morgan fingerprint density at radius 1 is 0.905 bits per heavy atom. The molecular weight excluding hydrogens is 258 g/mol. The van der Waals surface area contributed by atoms with Gasteiger partial charge in [-0.3, -0.25) is 0 Å². The zero-order chi connectivity index (χ0) is 15.1. The first-order valence-corrected chi connectivity index (χ1v) is 7.81. The van der Waals surface area contributed by atoms with Crippen LogP contribution >= 0.6 is 0 Å². The van der Waals surface area contributed by atoms with Gasteiger partial charge in [0.1, 0.15) is 5.75 Å². The van der Waals surface area contributed by atoms with Gasteiger partial charge in [0, 0.05) is 0 Å². The Labute approximate surface area is 127 Å². The Bertz CT molecular complexity index is 530. The van der Waals surface area contributed by atoms with E-state index in [-0.39, 0.29) is 6.04 Å². The van der Waals surface area contributed by atoms with Crippen molar-refractivity contribution >= 4 is 0 Å². The average molecular weight is 283 g/mol. The summed E-state index contributed by atoms with van der Waals surface area (Å²) in [4.78, 5) is 0. The maximum absolute atomic E-state index is 6.34. The predicted octanol–water partition coefficient (Wildman–Crippen LogP) is 4.48. The largest absolute Gasteiger partial charge is 0.494 e. The lowest BCUT2D eigenvalue weighted by molar-refractivity contribution is 0.309. The van der Waals surface area contributed by atoms with Crippen LogP contribution in [-0.2, 0) is 6.42 Å². The van der Waals surface area contributed by atoms with E-state index in [4.69, 9.17) is 10.5 Å². The van der Waals surface area contributed by atoms with Crippen LogP contribution in [0.5, 0.6) is 5.75 Å². The van der Waals surface area contributed by atoms with Crippen molar-refractivity contribution in [2.24, 2.45) is 5.73 Å². The van der Waals surface area contributed by atoms with Crippen molar-refractivity contribution in [3.63, 3.8) is 0 Å². The monoisotopic (exact) mass is 283 g/mol. The third-order valence-corrected chi connectivity index (χ3v) is 3.75. The molecule has 0 saturated carbocycles. The SMILES string of the molecule is CCCCOc1ccc(C(N)c2ccc(CC)cc2)cc1. The van der Waals surface area contributed by atoms with Crippen LogP contribution in [0, 0.1) is 0 Å². The summed E-state index contributed by atoms with van der Waals surface area (Å²) in [5.74, 6) is 0.917. The highest BCUT2D eigenvalue weighted by atomic mass is 16.5. The maximum atomic E-state index is 6.34. The van der Waals surface area contributed by atoms with Crippen molar-refractivity contribution in [2.75, 3.05) is 6.61 Å². The molecule has 2 heteroatoms. The number of hydrogen-bond donors (Lipinski definition) is 1. The maximum Gasteiger partial charge on any atom is 0.119 e. The van der Waals surface area contributed by atoms with E-state index in [1.54, 1.807) is 0 Å². The number of rotatable bonds is 7. The van der Waals surface area contributed by atoms with Gasteiger partial charge in [-0.05, 0) is 41.7 Å². The van der Waals surface area contributed by atoms with Crippen LogP contribution in [0.15, 0.2) is 48.5 Å². The van der Waals surface area contributed by atoms with Crippen LogP contribution in [0.3, 0.4) is 0 Å². The molecule has 2 nitrogen and oxygen atoms in total. The van der Waals surface area contributed by atoms with E-state index in [1.807, 2.05) is 12.1 Å². The summed E-state index contributed by atoms with van der Waals surface area (Å²) in [5.41, 5.74) is 9.94. The summed E-state index contributed by atoms with van der Waals surface area (Å²) >= 11 is 0. The Morgan fingerprint density at radius 2 is 1.48 bits per heavy atom. The van der Waals surface area contributed by atoms with Crippen LogP contribution in [0.4, 0.5) is 0 Å². The highest BCUT2D eigenvalue weighted by molar-refractivity contribution is 5.36. The molecule has 0 aliphatic carbocycles. The van der Waals surface area contributed by atoms with Crippen molar-refractivity contribution in [2.45, 2.75) is 39.2 Å². The molecule has 1 unspecified atom stereocenters. The second-order valence-electron chi connectivity index (χ2n) is 5.34. The number of nitrogens with two attached hydrogens (primary N) is 1. The molecule has 2 N–H and O–H groups in total. The fourth-order valence-corrected chi connectivity index (χ4v) is 2.26. The van der Waals surface area contributed by atoms with Gasteiger partial charge in [-0.2, -0.15) is 0 Å². The minimum absolute atomic E-state index is 0.0828. The Kier molecular flexibility index (Phi) is 5.82. The summed E-state index contributed by atoms with van der Waals surface area (Å²) in [5, 5.41) is 0. The molecule has 112 valence electrons. The number of aryl methyl sites for hydroxylation is 1. The Morgan fingerprint density at radius 3 is 2.00 bits per heavy atom. The molecule has 0 heterocycles. The molecule has 2 aromatic rings. The van der Waals surface area contributed by atoms with Crippen molar-refractivity contribution in [1.29, 1.82) is 0 Å². The summed E-state index contributed by atoms with van der Waals surface area (Å²) in [6.07, 6.45) is 3.29. The standard InChI is InChI=1S/C19H25NO/c1-3-5-14-21-18-12-10-17(11-13-18)19(20)16-8-6-15(4-2)7-9-16/h6-13,19H,3-5,14,20H2,1-2H3. The van der Waals surface area contributed by atoms with Crippen molar-refractivity contribution in [1.82, 2.24) is 0 Å². The molecule has 0 amide bonds. The van der Waals surface area contributed by atoms with E-state index in [9.17, 15) is 0 Å². The van der Waals surface area contributed by atoms with Gasteiger partial charge >= 0.3 is 0 Å². The summed E-state index contributed by atoms with van der Waals surface area (Å²) in [7, 11) is 0. The molecule has 0 spiro atoms. The molecule has 1 atom stereocenters. The minimum atomic E-state index is -0.0828. The van der Waals surface area contributed by atoms with E-state index >= 15 is 0 Å². The van der Waals surface area contributed by atoms with Crippen LogP contribution in [0.25, 0.3) is 0 Å². The van der Waals surface area contributed by atoms with Crippen molar-refractivity contribution < 1.29 is 4.74 Å². The molecule has 0 aliphatic heterocycles. The number of unbranched alkanes of at least 4 members (excludes halogenated alkanes) is 1. The lowest BCUT2D eigenvalue weighted by Crippen LogP contribution is -2.11. The van der Waals surface area contributed by atoms with Gasteiger partial charge in [0.2, 0.25) is 0 Å². The molecule has 0 bridgehead atoms. The third-order valence-electron chi connectivity index (χ3n) is 3.75. The topological polar surface area (TPSA) is 35.2 Å². The third kappa shape index (κ3) is 4.33. The first-order valence-electron chi connectivity index (χ1n) is 7.81. The predicted molar refractivity (Wildman–Crippen MR) is 88.7 cm³/mol. The molecule has 2 rings (SSSR count). The van der Waals surface area contributed by atoms with Crippen molar-refractivity contribution in [3.05, 3.63) is 65.2 Å². The number of benzene rings is 2. The fraction of sp³-hybridized carbons (Fsp3) is 0.368. The first-order chi connectivity index (χ1) is 10.2. The van der Waals surface area contributed by atoms with Gasteiger partial charge in [-0.25, -0.2) is 0 Å². The zero-order valence-electron chi connectivity index (χ0n) is 13.0. The van der Waals surface area contributed by atoms with E-state index < -0.39 is 0 Å². The highest BCUT2D eigenvalue weighted by Gasteiger charge is 2.08. The lowest BCUT2D eigenvalue weighted by atomic mass is 9.98. The fourth-order valence-electron chi connectivity index (χ4n) is 2.26. The van der Waals surface area contributed by atoms with Gasteiger partial charge in [0.05, 0.1) is 12.6 Å². The molecule has 0 fully saturated rings. The minimum Gasteiger partial charge on any atom is -0.494 e. The van der Waals surface area contributed by atoms with Crippen LogP contribution in [-0.4, -0.2) is 6.61 Å². The number of ether oxygens (including phenoxy) is 1. The van der Waals surface area contributed by atoms with Gasteiger partial charge in [-0.15, -0.1) is 0 Å². The van der Waals surface area contributed by atoms with Gasteiger partial charge < -0.3 is 10.5 Å².